The molecule has 1 N–H and O–H groups in total. The minimum Gasteiger partial charge on any atom is -0.377 e. The summed E-state index contributed by atoms with van der Waals surface area (Å²) in [5, 5.41) is 4.88. The number of aryl methyl sites for hydroxylation is 1. The number of amides is 1. The van der Waals surface area contributed by atoms with Gasteiger partial charge in [-0.1, -0.05) is 24.3 Å². The van der Waals surface area contributed by atoms with E-state index in [4.69, 9.17) is 4.74 Å². The Kier molecular flexibility index (Phi) is 5.32. The van der Waals surface area contributed by atoms with Crippen LogP contribution in [0.4, 0.5) is 0 Å². The Balaban J connectivity index is 1.88. The molecule has 1 heterocycles. The highest BCUT2D eigenvalue weighted by Gasteiger charge is 2.09. The molecule has 0 aliphatic rings. The molecule has 1 amide bonds. The van der Waals surface area contributed by atoms with Crippen LogP contribution in [0.1, 0.15) is 33.3 Å². The number of ether oxygens (including phenoxy) is 1. The zero-order valence-electron chi connectivity index (χ0n) is 11.8. The third-order valence-corrected chi connectivity index (χ3v) is 4.03. The smallest absolute Gasteiger partial charge is 0.261 e. The Morgan fingerprint density at radius 3 is 2.50 bits per heavy atom. The van der Waals surface area contributed by atoms with Crippen LogP contribution in [0.3, 0.4) is 0 Å². The first-order valence-corrected chi connectivity index (χ1v) is 7.56. The van der Waals surface area contributed by atoms with Crippen molar-refractivity contribution in [3.63, 3.8) is 0 Å². The number of carbonyl (C=O) groups excluding carboxylic acids is 1. The molecule has 106 valence electrons. The van der Waals surface area contributed by atoms with Gasteiger partial charge in [0.2, 0.25) is 0 Å². The van der Waals surface area contributed by atoms with E-state index in [-0.39, 0.29) is 5.91 Å². The molecule has 3 nitrogen and oxygen atoms in total. The first-order chi connectivity index (χ1) is 9.70. The summed E-state index contributed by atoms with van der Waals surface area (Å²) in [6, 6.07) is 10.1. The second kappa shape index (κ2) is 7.22. The highest BCUT2D eigenvalue weighted by atomic mass is 32.1. The topological polar surface area (TPSA) is 38.3 Å². The van der Waals surface area contributed by atoms with Crippen molar-refractivity contribution in [3.05, 3.63) is 57.3 Å². The van der Waals surface area contributed by atoms with Gasteiger partial charge in [-0.15, -0.1) is 11.3 Å². The first-order valence-electron chi connectivity index (χ1n) is 6.68. The van der Waals surface area contributed by atoms with Crippen molar-refractivity contribution in [2.24, 2.45) is 0 Å². The molecule has 0 radical (unpaired) electrons. The summed E-state index contributed by atoms with van der Waals surface area (Å²) in [6.07, 6.45) is 0. The molecule has 0 aliphatic carbocycles. The Bertz CT molecular complexity index is 560. The lowest BCUT2D eigenvalue weighted by atomic mass is 10.1. The van der Waals surface area contributed by atoms with E-state index in [0.29, 0.717) is 13.2 Å². The highest BCUT2D eigenvalue weighted by Crippen LogP contribution is 2.15. The Morgan fingerprint density at radius 2 is 1.90 bits per heavy atom. The summed E-state index contributed by atoms with van der Waals surface area (Å²) >= 11 is 1.48. The average Bonchev–Trinajstić information content (AvgIpc) is 2.90. The van der Waals surface area contributed by atoms with Crippen molar-refractivity contribution >= 4 is 17.2 Å². The maximum absolute atomic E-state index is 12.0. The second-order valence-electron chi connectivity index (χ2n) is 4.57. The number of carbonyl (C=O) groups is 1. The van der Waals surface area contributed by atoms with E-state index >= 15 is 0 Å². The van der Waals surface area contributed by atoms with E-state index in [1.165, 1.54) is 11.3 Å². The predicted octanol–water partition coefficient (Wildman–Crippen LogP) is 3.52. The highest BCUT2D eigenvalue weighted by molar-refractivity contribution is 7.12. The molecule has 1 aromatic heterocycles. The lowest BCUT2D eigenvalue weighted by Gasteiger charge is -2.06. The molecule has 1 aromatic carbocycles. The maximum Gasteiger partial charge on any atom is 0.261 e. The number of thiophene rings is 1. The molecule has 4 heteroatoms. The fraction of sp³-hybridized carbons (Fsp3) is 0.312. The molecule has 2 rings (SSSR count). The van der Waals surface area contributed by atoms with E-state index in [2.05, 4.69) is 5.32 Å². The molecule has 0 atom stereocenters. The monoisotopic (exact) mass is 289 g/mol. The van der Waals surface area contributed by atoms with Gasteiger partial charge in [0, 0.05) is 13.2 Å². The van der Waals surface area contributed by atoms with Crippen LogP contribution in [0.2, 0.25) is 0 Å². The minimum atomic E-state index is -0.00380. The number of hydrogen-bond acceptors (Lipinski definition) is 3. The van der Waals surface area contributed by atoms with Gasteiger partial charge in [-0.2, -0.15) is 0 Å². The molecule has 20 heavy (non-hydrogen) atoms. The number of benzene rings is 1. The van der Waals surface area contributed by atoms with Gasteiger partial charge in [0.1, 0.15) is 0 Å². The molecule has 0 spiro atoms. The van der Waals surface area contributed by atoms with E-state index in [1.54, 1.807) is 0 Å². The standard InChI is InChI=1S/C16H19NO2S/c1-3-19-11-14-6-4-13(5-7-14)10-17-16(18)15-12(2)8-9-20-15/h4-9H,3,10-11H2,1-2H3,(H,17,18). The lowest BCUT2D eigenvalue weighted by molar-refractivity contribution is 0.0954. The van der Waals surface area contributed by atoms with Gasteiger partial charge in [0.15, 0.2) is 0 Å². The van der Waals surface area contributed by atoms with Crippen LogP contribution >= 0.6 is 11.3 Å². The van der Waals surface area contributed by atoms with E-state index in [0.717, 1.165) is 28.2 Å². The third kappa shape index (κ3) is 3.92. The molecule has 2 aromatic rings. The quantitative estimate of drug-likeness (QED) is 0.883. The Labute approximate surface area is 123 Å². The Hall–Kier alpha value is -1.65. The summed E-state index contributed by atoms with van der Waals surface area (Å²) in [5.74, 6) is -0.00380. The second-order valence-corrected chi connectivity index (χ2v) is 5.49. The molecule has 0 fully saturated rings. The van der Waals surface area contributed by atoms with Crippen molar-refractivity contribution < 1.29 is 9.53 Å². The third-order valence-electron chi connectivity index (χ3n) is 3.02. The normalized spacial score (nSPS) is 10.5. The van der Waals surface area contributed by atoms with Gasteiger partial charge >= 0.3 is 0 Å². The SMILES string of the molecule is CCOCc1ccc(CNC(=O)c2sccc2C)cc1. The fourth-order valence-corrected chi connectivity index (χ4v) is 2.68. The van der Waals surface area contributed by atoms with Crippen LogP contribution in [0.25, 0.3) is 0 Å². The minimum absolute atomic E-state index is 0.00380. The maximum atomic E-state index is 12.0. The van der Waals surface area contributed by atoms with Gasteiger partial charge in [-0.3, -0.25) is 4.79 Å². The number of hydrogen-bond donors (Lipinski definition) is 1. The van der Waals surface area contributed by atoms with Crippen LogP contribution in [-0.2, 0) is 17.9 Å². The summed E-state index contributed by atoms with van der Waals surface area (Å²) in [5.41, 5.74) is 3.27. The van der Waals surface area contributed by atoms with Crippen molar-refractivity contribution in [3.8, 4) is 0 Å². The van der Waals surface area contributed by atoms with Crippen LogP contribution < -0.4 is 5.32 Å². The van der Waals surface area contributed by atoms with E-state index in [9.17, 15) is 4.79 Å². The van der Waals surface area contributed by atoms with Crippen LogP contribution in [0.5, 0.6) is 0 Å². The van der Waals surface area contributed by atoms with E-state index in [1.807, 2.05) is 49.6 Å². The lowest BCUT2D eigenvalue weighted by Crippen LogP contribution is -2.22. The van der Waals surface area contributed by atoms with Crippen molar-refractivity contribution in [2.45, 2.75) is 27.0 Å². The van der Waals surface area contributed by atoms with Crippen molar-refractivity contribution in [1.29, 1.82) is 0 Å². The molecule has 0 saturated carbocycles. The predicted molar refractivity (Wildman–Crippen MR) is 82.0 cm³/mol. The van der Waals surface area contributed by atoms with Gasteiger partial charge in [-0.05, 0) is 42.0 Å². The van der Waals surface area contributed by atoms with Crippen molar-refractivity contribution in [1.82, 2.24) is 5.32 Å². The van der Waals surface area contributed by atoms with E-state index < -0.39 is 0 Å². The summed E-state index contributed by atoms with van der Waals surface area (Å²) in [7, 11) is 0. The molecule has 0 aliphatic heterocycles. The summed E-state index contributed by atoms with van der Waals surface area (Å²) in [4.78, 5) is 12.8. The van der Waals surface area contributed by atoms with Gasteiger partial charge in [0.05, 0.1) is 11.5 Å². The zero-order valence-corrected chi connectivity index (χ0v) is 12.6. The zero-order chi connectivity index (χ0) is 14.4. The molecule has 0 saturated heterocycles. The first kappa shape index (κ1) is 14.8. The Morgan fingerprint density at radius 1 is 1.20 bits per heavy atom. The molecular weight excluding hydrogens is 270 g/mol. The summed E-state index contributed by atoms with van der Waals surface area (Å²) in [6.45, 7) is 5.84. The average molecular weight is 289 g/mol. The number of nitrogens with one attached hydrogen (secondary N) is 1. The van der Waals surface area contributed by atoms with Gasteiger partial charge in [0.25, 0.3) is 5.91 Å². The van der Waals surface area contributed by atoms with Gasteiger partial charge < -0.3 is 10.1 Å². The molecular formula is C16H19NO2S. The van der Waals surface area contributed by atoms with Crippen LogP contribution in [-0.4, -0.2) is 12.5 Å². The van der Waals surface area contributed by atoms with Crippen molar-refractivity contribution in [2.75, 3.05) is 6.61 Å². The largest absolute Gasteiger partial charge is 0.377 e. The van der Waals surface area contributed by atoms with Crippen LogP contribution in [0, 0.1) is 6.92 Å². The molecule has 0 bridgehead atoms. The fourth-order valence-electron chi connectivity index (χ4n) is 1.84. The van der Waals surface area contributed by atoms with Gasteiger partial charge in [-0.25, -0.2) is 0 Å². The van der Waals surface area contributed by atoms with Crippen LogP contribution in [0.15, 0.2) is 35.7 Å². The number of rotatable bonds is 6. The summed E-state index contributed by atoms with van der Waals surface area (Å²) < 4.78 is 5.35. The molecule has 0 unspecified atom stereocenters.